The molecule has 1 atom stereocenters. The van der Waals surface area contributed by atoms with Crippen LogP contribution in [0, 0.1) is 6.92 Å². The van der Waals surface area contributed by atoms with E-state index in [2.05, 4.69) is 47.8 Å². The number of nitrogens with one attached hydrogen (secondary N) is 3. The molecule has 0 bridgehead atoms. The molecule has 6 nitrogen and oxygen atoms in total. The molecule has 3 N–H and O–H groups in total. The standard InChI is InChI=1S/C19H18Br2Cl3N3O3S/c1-9-6-11(20)15(12(21)7-9)25-18(31)27-17(19(22,23)24)26-16(28)10-4-5-13(29-2)14(8-10)30-3/h4-8,17H,1-3H3,(H,26,28)(H2,25,27,31)/t17-/m1/s1. The van der Waals surface area contributed by atoms with E-state index in [0.717, 1.165) is 14.5 Å². The molecule has 2 aromatic rings. The van der Waals surface area contributed by atoms with Crippen molar-refractivity contribution in [2.75, 3.05) is 19.5 Å². The summed E-state index contributed by atoms with van der Waals surface area (Å²) in [6, 6.07) is 8.51. The summed E-state index contributed by atoms with van der Waals surface area (Å²) >= 11 is 30.5. The van der Waals surface area contributed by atoms with Crippen molar-refractivity contribution in [2.24, 2.45) is 0 Å². The number of hydrogen-bond acceptors (Lipinski definition) is 4. The molecule has 0 unspecified atom stereocenters. The molecule has 0 aliphatic heterocycles. The Hall–Kier alpha value is -0.970. The molecule has 0 heterocycles. The Kier molecular flexibility index (Phi) is 9.54. The molecule has 0 saturated carbocycles. The van der Waals surface area contributed by atoms with Crippen LogP contribution in [0.2, 0.25) is 0 Å². The van der Waals surface area contributed by atoms with Gasteiger partial charge in [-0.3, -0.25) is 4.79 Å². The average Bonchev–Trinajstić information content (AvgIpc) is 2.68. The van der Waals surface area contributed by atoms with Crippen LogP contribution in [0.5, 0.6) is 11.5 Å². The highest BCUT2D eigenvalue weighted by molar-refractivity contribution is 9.11. The number of rotatable bonds is 6. The van der Waals surface area contributed by atoms with Crippen molar-refractivity contribution >= 4 is 95.6 Å². The summed E-state index contributed by atoms with van der Waals surface area (Å²) in [4.78, 5) is 12.8. The van der Waals surface area contributed by atoms with Crippen LogP contribution in [0.3, 0.4) is 0 Å². The van der Waals surface area contributed by atoms with Gasteiger partial charge in [-0.05, 0) is 86.9 Å². The van der Waals surface area contributed by atoms with Crippen LogP contribution in [0.4, 0.5) is 5.69 Å². The lowest BCUT2D eigenvalue weighted by Gasteiger charge is -2.28. The Bertz CT molecular complexity index is 967. The summed E-state index contributed by atoms with van der Waals surface area (Å²) in [6.07, 6.45) is -1.14. The number of alkyl halides is 3. The van der Waals surface area contributed by atoms with E-state index in [1.54, 1.807) is 12.1 Å². The maximum Gasteiger partial charge on any atom is 0.253 e. The second-order valence-electron chi connectivity index (χ2n) is 6.22. The number of methoxy groups -OCH3 is 2. The monoisotopic (exact) mass is 631 g/mol. The molecule has 0 spiro atoms. The molecule has 2 rings (SSSR count). The number of thiocarbonyl (C=S) groups is 1. The number of carbonyl (C=O) groups excluding carboxylic acids is 1. The molecule has 1 amide bonds. The Labute approximate surface area is 217 Å². The van der Waals surface area contributed by atoms with Crippen LogP contribution in [0.25, 0.3) is 0 Å². The second kappa shape index (κ2) is 11.2. The van der Waals surface area contributed by atoms with Crippen LogP contribution in [0.1, 0.15) is 15.9 Å². The topological polar surface area (TPSA) is 71.6 Å². The Morgan fingerprint density at radius 2 is 1.61 bits per heavy atom. The van der Waals surface area contributed by atoms with Crippen molar-refractivity contribution in [3.8, 4) is 11.5 Å². The predicted molar refractivity (Wildman–Crippen MR) is 137 cm³/mol. The minimum Gasteiger partial charge on any atom is -0.493 e. The number of ether oxygens (including phenoxy) is 2. The van der Waals surface area contributed by atoms with Crippen LogP contribution < -0.4 is 25.4 Å². The maximum atomic E-state index is 12.8. The molecular formula is C19H18Br2Cl3N3O3S. The van der Waals surface area contributed by atoms with Gasteiger partial charge in [-0.25, -0.2) is 0 Å². The largest absolute Gasteiger partial charge is 0.493 e. The van der Waals surface area contributed by atoms with E-state index in [1.165, 1.54) is 20.3 Å². The van der Waals surface area contributed by atoms with Gasteiger partial charge in [-0.2, -0.15) is 0 Å². The van der Waals surface area contributed by atoms with Gasteiger partial charge in [0.25, 0.3) is 5.91 Å². The highest BCUT2D eigenvalue weighted by atomic mass is 79.9. The number of aryl methyl sites for hydroxylation is 1. The Morgan fingerprint density at radius 1 is 1.03 bits per heavy atom. The van der Waals surface area contributed by atoms with Gasteiger partial charge >= 0.3 is 0 Å². The van der Waals surface area contributed by atoms with E-state index < -0.39 is 15.9 Å². The lowest BCUT2D eigenvalue weighted by molar-refractivity contribution is 0.0934. The molecule has 0 saturated heterocycles. The Morgan fingerprint density at radius 3 is 2.13 bits per heavy atom. The first kappa shape index (κ1) is 26.3. The van der Waals surface area contributed by atoms with Crippen molar-refractivity contribution in [3.05, 3.63) is 50.4 Å². The normalized spacial score (nSPS) is 12.0. The van der Waals surface area contributed by atoms with Crippen molar-refractivity contribution in [1.82, 2.24) is 10.6 Å². The lowest BCUT2D eigenvalue weighted by atomic mass is 10.2. The number of anilines is 1. The number of hydrogen-bond donors (Lipinski definition) is 3. The second-order valence-corrected chi connectivity index (χ2v) is 10.7. The van der Waals surface area contributed by atoms with Crippen LogP contribution >= 0.6 is 78.9 Å². The summed E-state index contributed by atoms with van der Waals surface area (Å²) in [5.41, 5.74) is 2.00. The third kappa shape index (κ3) is 7.27. The molecule has 0 fully saturated rings. The predicted octanol–water partition coefficient (Wildman–Crippen LogP) is 5.95. The first-order valence-electron chi connectivity index (χ1n) is 8.59. The zero-order valence-corrected chi connectivity index (χ0v) is 22.7. The van der Waals surface area contributed by atoms with Crippen molar-refractivity contribution < 1.29 is 14.3 Å². The van der Waals surface area contributed by atoms with E-state index in [-0.39, 0.29) is 10.7 Å². The minimum absolute atomic E-state index is 0.134. The van der Waals surface area contributed by atoms with Gasteiger partial charge in [0.15, 0.2) is 16.6 Å². The zero-order chi connectivity index (χ0) is 23.3. The van der Waals surface area contributed by atoms with Gasteiger partial charge < -0.3 is 25.4 Å². The molecule has 12 heteroatoms. The quantitative estimate of drug-likeness (QED) is 0.207. The third-order valence-electron chi connectivity index (χ3n) is 3.95. The summed E-state index contributed by atoms with van der Waals surface area (Å²) in [6.45, 7) is 1.96. The van der Waals surface area contributed by atoms with Gasteiger partial charge in [0, 0.05) is 14.5 Å². The number of benzene rings is 2. The fourth-order valence-electron chi connectivity index (χ4n) is 2.49. The fourth-order valence-corrected chi connectivity index (χ4v) is 4.65. The summed E-state index contributed by atoms with van der Waals surface area (Å²) in [5.74, 6) is 0.361. The summed E-state index contributed by atoms with van der Waals surface area (Å²) < 4.78 is 10.1. The smallest absolute Gasteiger partial charge is 0.253 e. The molecule has 2 aromatic carbocycles. The van der Waals surface area contributed by atoms with Crippen LogP contribution in [-0.2, 0) is 0 Å². The third-order valence-corrected chi connectivity index (χ3v) is 6.07. The first-order valence-corrected chi connectivity index (χ1v) is 11.7. The van der Waals surface area contributed by atoms with Gasteiger partial charge in [0.05, 0.1) is 19.9 Å². The van der Waals surface area contributed by atoms with Gasteiger partial charge in [-0.1, -0.05) is 34.8 Å². The number of amides is 1. The molecular weight excluding hydrogens is 616 g/mol. The van der Waals surface area contributed by atoms with Gasteiger partial charge in [-0.15, -0.1) is 0 Å². The van der Waals surface area contributed by atoms with Crippen molar-refractivity contribution in [2.45, 2.75) is 16.9 Å². The van der Waals surface area contributed by atoms with E-state index >= 15 is 0 Å². The van der Waals surface area contributed by atoms with Crippen LogP contribution in [-0.4, -0.2) is 35.2 Å². The minimum atomic E-state index is -1.90. The SMILES string of the molecule is COc1ccc(C(=O)N[C@H](NC(=S)Nc2c(Br)cc(C)cc2Br)C(Cl)(Cl)Cl)cc1OC. The summed E-state index contributed by atoms with van der Waals surface area (Å²) in [7, 11) is 2.97. The molecule has 0 radical (unpaired) electrons. The van der Waals surface area contributed by atoms with E-state index in [4.69, 9.17) is 56.5 Å². The molecule has 31 heavy (non-hydrogen) atoms. The summed E-state index contributed by atoms with van der Waals surface area (Å²) in [5, 5.41) is 8.60. The number of carbonyl (C=O) groups is 1. The fraction of sp³-hybridized carbons (Fsp3) is 0.263. The van der Waals surface area contributed by atoms with E-state index in [9.17, 15) is 4.79 Å². The molecule has 0 aliphatic rings. The maximum absolute atomic E-state index is 12.8. The molecule has 0 aliphatic carbocycles. The average molecular weight is 635 g/mol. The zero-order valence-electron chi connectivity index (χ0n) is 16.5. The van der Waals surface area contributed by atoms with Gasteiger partial charge in [0.1, 0.15) is 6.17 Å². The molecule has 0 aromatic heterocycles. The van der Waals surface area contributed by atoms with Gasteiger partial charge in [0.2, 0.25) is 3.79 Å². The van der Waals surface area contributed by atoms with Crippen LogP contribution in [0.15, 0.2) is 39.3 Å². The van der Waals surface area contributed by atoms with E-state index in [0.29, 0.717) is 17.2 Å². The van der Waals surface area contributed by atoms with E-state index in [1.807, 2.05) is 19.1 Å². The number of halogens is 5. The van der Waals surface area contributed by atoms with Crippen molar-refractivity contribution in [1.29, 1.82) is 0 Å². The molecule has 168 valence electrons. The van der Waals surface area contributed by atoms with Crippen molar-refractivity contribution in [3.63, 3.8) is 0 Å². The first-order chi connectivity index (χ1) is 14.5. The highest BCUT2D eigenvalue weighted by Crippen LogP contribution is 2.33. The Balaban J connectivity index is 2.18. The lowest BCUT2D eigenvalue weighted by Crippen LogP contribution is -2.56. The highest BCUT2D eigenvalue weighted by Gasteiger charge is 2.35.